The van der Waals surface area contributed by atoms with Gasteiger partial charge in [-0.2, -0.15) is 17.6 Å². The molecular formula is C15H10F8. The third-order valence-electron chi connectivity index (χ3n) is 3.43. The summed E-state index contributed by atoms with van der Waals surface area (Å²) in [6.07, 6.45) is -12.5. The van der Waals surface area contributed by atoms with E-state index >= 15 is 0 Å². The zero-order valence-electron chi connectivity index (χ0n) is 11.3. The van der Waals surface area contributed by atoms with Gasteiger partial charge in [-0.05, 0) is 10.8 Å². The highest BCUT2D eigenvalue weighted by atomic mass is 19.3. The highest BCUT2D eigenvalue weighted by Gasteiger charge is 2.68. The van der Waals surface area contributed by atoms with E-state index in [9.17, 15) is 35.1 Å². The van der Waals surface area contributed by atoms with Gasteiger partial charge in [0.15, 0.2) is 6.17 Å². The number of fused-ring (bicyclic) bond motifs is 1. The number of hydrogen-bond acceptors (Lipinski definition) is 0. The molecule has 23 heavy (non-hydrogen) atoms. The summed E-state index contributed by atoms with van der Waals surface area (Å²) in [4.78, 5) is 0. The van der Waals surface area contributed by atoms with Crippen molar-refractivity contribution in [1.29, 1.82) is 0 Å². The van der Waals surface area contributed by atoms with Crippen LogP contribution in [-0.4, -0.2) is 24.4 Å². The molecule has 0 amide bonds. The highest BCUT2D eigenvalue weighted by Crippen LogP contribution is 2.50. The van der Waals surface area contributed by atoms with Crippen LogP contribution in [0.4, 0.5) is 35.1 Å². The first kappa shape index (κ1) is 17.5. The molecule has 0 heterocycles. The van der Waals surface area contributed by atoms with Gasteiger partial charge in [0.2, 0.25) is 6.17 Å². The summed E-state index contributed by atoms with van der Waals surface area (Å²) in [7, 11) is 0. The van der Waals surface area contributed by atoms with Crippen LogP contribution < -0.4 is 0 Å². The Morgan fingerprint density at radius 3 is 1.87 bits per heavy atom. The molecule has 0 nitrogen and oxygen atoms in total. The SMILES string of the molecule is FC(F)C(F)C(F)(F)C(F)(F)C(F)c1cccc2ccccc12. The van der Waals surface area contributed by atoms with Crippen molar-refractivity contribution >= 4 is 10.8 Å². The zero-order valence-corrected chi connectivity index (χ0v) is 11.3. The minimum absolute atomic E-state index is 0.0922. The average Bonchev–Trinajstić information content (AvgIpc) is 2.52. The Balaban J connectivity index is 2.50. The first-order valence-electron chi connectivity index (χ1n) is 6.40. The second kappa shape index (κ2) is 5.98. The first-order chi connectivity index (χ1) is 10.6. The third kappa shape index (κ3) is 2.86. The van der Waals surface area contributed by atoms with Crippen LogP contribution in [0.2, 0.25) is 0 Å². The largest absolute Gasteiger partial charge is 0.349 e. The quantitative estimate of drug-likeness (QED) is 0.609. The van der Waals surface area contributed by atoms with E-state index in [4.69, 9.17) is 0 Å². The second-order valence-corrected chi connectivity index (χ2v) is 4.91. The van der Waals surface area contributed by atoms with E-state index < -0.39 is 36.2 Å². The Labute approximate surface area is 125 Å². The van der Waals surface area contributed by atoms with Gasteiger partial charge < -0.3 is 0 Å². The van der Waals surface area contributed by atoms with Crippen molar-refractivity contribution in [3.8, 4) is 0 Å². The molecule has 2 aromatic carbocycles. The van der Waals surface area contributed by atoms with E-state index in [0.717, 1.165) is 12.1 Å². The summed E-state index contributed by atoms with van der Waals surface area (Å²) in [5.41, 5.74) is -0.825. The summed E-state index contributed by atoms with van der Waals surface area (Å²) in [6, 6.07) is 8.93. The summed E-state index contributed by atoms with van der Waals surface area (Å²) in [6.45, 7) is 0. The Hall–Kier alpha value is -1.86. The van der Waals surface area contributed by atoms with Crippen LogP contribution in [0.3, 0.4) is 0 Å². The fourth-order valence-corrected chi connectivity index (χ4v) is 2.18. The van der Waals surface area contributed by atoms with Crippen LogP contribution in [-0.2, 0) is 0 Å². The lowest BCUT2D eigenvalue weighted by molar-refractivity contribution is -0.280. The van der Waals surface area contributed by atoms with Gasteiger partial charge in [-0.15, -0.1) is 0 Å². The lowest BCUT2D eigenvalue weighted by Gasteiger charge is -2.31. The molecule has 0 bridgehead atoms. The predicted molar refractivity (Wildman–Crippen MR) is 68.6 cm³/mol. The topological polar surface area (TPSA) is 0 Å². The van der Waals surface area contributed by atoms with Crippen LogP contribution in [0.15, 0.2) is 42.5 Å². The Morgan fingerprint density at radius 2 is 1.26 bits per heavy atom. The minimum atomic E-state index is -5.86. The van der Waals surface area contributed by atoms with Crippen molar-refractivity contribution in [3.63, 3.8) is 0 Å². The monoisotopic (exact) mass is 342 g/mol. The third-order valence-corrected chi connectivity index (χ3v) is 3.43. The van der Waals surface area contributed by atoms with Crippen LogP contribution in [0.5, 0.6) is 0 Å². The molecule has 0 saturated carbocycles. The molecule has 2 unspecified atom stereocenters. The van der Waals surface area contributed by atoms with Crippen molar-refractivity contribution in [2.45, 2.75) is 30.6 Å². The summed E-state index contributed by atoms with van der Waals surface area (Å²) >= 11 is 0. The van der Waals surface area contributed by atoms with E-state index in [1.165, 1.54) is 30.3 Å². The molecule has 0 aromatic heterocycles. The second-order valence-electron chi connectivity index (χ2n) is 4.91. The Morgan fingerprint density at radius 1 is 0.696 bits per heavy atom. The van der Waals surface area contributed by atoms with E-state index in [1.54, 1.807) is 0 Å². The van der Waals surface area contributed by atoms with Gasteiger partial charge in [0.1, 0.15) is 0 Å². The molecule has 0 aliphatic heterocycles. The van der Waals surface area contributed by atoms with Gasteiger partial charge in [-0.1, -0.05) is 42.5 Å². The minimum Gasteiger partial charge on any atom is -0.235 e. The predicted octanol–water partition coefficient (Wildman–Crippen LogP) is 5.72. The van der Waals surface area contributed by atoms with E-state index in [-0.39, 0.29) is 10.8 Å². The summed E-state index contributed by atoms with van der Waals surface area (Å²) in [5, 5.41) is 0.197. The van der Waals surface area contributed by atoms with E-state index in [1.807, 2.05) is 0 Å². The van der Waals surface area contributed by atoms with Gasteiger partial charge >= 0.3 is 11.8 Å². The number of benzene rings is 2. The maximum Gasteiger partial charge on any atom is 0.349 e. The van der Waals surface area contributed by atoms with E-state index in [2.05, 4.69) is 0 Å². The molecule has 2 rings (SSSR count). The number of rotatable bonds is 5. The van der Waals surface area contributed by atoms with Crippen LogP contribution >= 0.6 is 0 Å². The molecule has 0 radical (unpaired) electrons. The van der Waals surface area contributed by atoms with Crippen LogP contribution in [0.1, 0.15) is 11.7 Å². The molecule has 126 valence electrons. The molecule has 0 fully saturated rings. The van der Waals surface area contributed by atoms with Crippen molar-refractivity contribution < 1.29 is 35.1 Å². The molecule has 2 atom stereocenters. The highest BCUT2D eigenvalue weighted by molar-refractivity contribution is 5.86. The molecule has 8 heteroatoms. The van der Waals surface area contributed by atoms with Gasteiger partial charge in [0.05, 0.1) is 0 Å². The molecule has 0 saturated heterocycles. The molecule has 0 aliphatic carbocycles. The maximum absolute atomic E-state index is 14.1. The van der Waals surface area contributed by atoms with Gasteiger partial charge in [-0.25, -0.2) is 17.6 Å². The van der Waals surface area contributed by atoms with Crippen molar-refractivity contribution in [3.05, 3.63) is 48.0 Å². The van der Waals surface area contributed by atoms with Gasteiger partial charge in [0, 0.05) is 5.56 Å². The first-order valence-corrected chi connectivity index (χ1v) is 6.40. The zero-order chi connectivity index (χ0) is 17.4. The van der Waals surface area contributed by atoms with Crippen molar-refractivity contribution in [1.82, 2.24) is 0 Å². The maximum atomic E-state index is 14.1. The smallest absolute Gasteiger partial charge is 0.235 e. The number of hydrogen-bond donors (Lipinski definition) is 0. The lowest BCUT2D eigenvalue weighted by atomic mass is 9.93. The van der Waals surface area contributed by atoms with Crippen molar-refractivity contribution in [2.75, 3.05) is 0 Å². The molecule has 2 aromatic rings. The molecule has 0 spiro atoms. The van der Waals surface area contributed by atoms with Crippen LogP contribution in [0, 0.1) is 0 Å². The molecular weight excluding hydrogens is 332 g/mol. The molecule has 0 N–H and O–H groups in total. The lowest BCUT2D eigenvalue weighted by Crippen LogP contribution is -2.52. The standard InChI is InChI=1S/C15H10F8/c16-11(14(20,21)15(22,23)12(17)13(18)19)10-7-3-5-8-4-1-2-6-9(8)10/h1-7,11-13H. The van der Waals surface area contributed by atoms with Gasteiger partial charge in [0.25, 0.3) is 6.43 Å². The van der Waals surface area contributed by atoms with Gasteiger partial charge in [-0.3, -0.25) is 0 Å². The van der Waals surface area contributed by atoms with Crippen LogP contribution in [0.25, 0.3) is 10.8 Å². The van der Waals surface area contributed by atoms with Crippen molar-refractivity contribution in [2.24, 2.45) is 0 Å². The summed E-state index contributed by atoms with van der Waals surface area (Å²) in [5.74, 6) is -11.5. The summed E-state index contributed by atoms with van der Waals surface area (Å²) < 4.78 is 105. The fourth-order valence-electron chi connectivity index (χ4n) is 2.18. The Bertz CT molecular complexity index is 677. The fraction of sp³-hybridized carbons (Fsp3) is 0.333. The Kier molecular flexibility index (Phi) is 4.54. The number of halogens is 8. The normalized spacial score (nSPS) is 15.9. The number of alkyl halides is 8. The van der Waals surface area contributed by atoms with E-state index in [0.29, 0.717) is 0 Å². The molecule has 0 aliphatic rings. The average molecular weight is 342 g/mol.